The van der Waals surface area contributed by atoms with Gasteiger partial charge < -0.3 is 10.1 Å². The summed E-state index contributed by atoms with van der Waals surface area (Å²) in [6.45, 7) is 0. The van der Waals surface area contributed by atoms with Crippen LogP contribution in [0.1, 0.15) is 18.4 Å². The molecule has 0 saturated carbocycles. The van der Waals surface area contributed by atoms with Crippen molar-refractivity contribution in [2.45, 2.75) is 18.9 Å². The molecule has 1 unspecified atom stereocenters. The first-order chi connectivity index (χ1) is 9.86. The summed E-state index contributed by atoms with van der Waals surface area (Å²) in [5.74, 6) is 0.890. The van der Waals surface area contributed by atoms with Gasteiger partial charge in [0.15, 0.2) is 0 Å². The first-order valence-corrected chi connectivity index (χ1v) is 7.03. The van der Waals surface area contributed by atoms with E-state index in [9.17, 15) is 0 Å². The van der Waals surface area contributed by atoms with Crippen molar-refractivity contribution in [2.75, 3.05) is 12.4 Å². The van der Waals surface area contributed by atoms with Crippen molar-refractivity contribution in [3.8, 4) is 5.75 Å². The third-order valence-electron chi connectivity index (χ3n) is 3.73. The molecular weight excluding hydrogens is 246 g/mol. The second-order valence-corrected chi connectivity index (χ2v) is 5.03. The lowest BCUT2D eigenvalue weighted by Crippen LogP contribution is -2.17. The maximum absolute atomic E-state index is 5.19. The molecule has 0 aromatic heterocycles. The fraction of sp³-hybridized carbons (Fsp3) is 0.222. The lowest BCUT2D eigenvalue weighted by molar-refractivity contribution is 0.415. The maximum Gasteiger partial charge on any atom is 0.119 e. The van der Waals surface area contributed by atoms with E-state index in [4.69, 9.17) is 4.74 Å². The number of hydrogen-bond donors (Lipinski definition) is 1. The Labute approximate surface area is 120 Å². The minimum Gasteiger partial charge on any atom is -0.497 e. The van der Waals surface area contributed by atoms with Gasteiger partial charge in [-0.1, -0.05) is 36.4 Å². The lowest BCUT2D eigenvalue weighted by Gasteiger charge is -2.19. The molecule has 0 heterocycles. The Kier molecular flexibility index (Phi) is 3.73. The van der Waals surface area contributed by atoms with Crippen LogP contribution in [0.4, 0.5) is 5.69 Å². The average Bonchev–Trinajstić information content (AvgIpc) is 2.97. The van der Waals surface area contributed by atoms with Crippen LogP contribution in [0.3, 0.4) is 0 Å². The van der Waals surface area contributed by atoms with Crippen molar-refractivity contribution in [3.63, 3.8) is 0 Å². The quantitative estimate of drug-likeness (QED) is 0.887. The number of hydrogen-bond acceptors (Lipinski definition) is 2. The van der Waals surface area contributed by atoms with E-state index in [1.807, 2.05) is 12.1 Å². The molecule has 1 aliphatic rings. The van der Waals surface area contributed by atoms with Gasteiger partial charge in [-0.15, -0.1) is 0 Å². The summed E-state index contributed by atoms with van der Waals surface area (Å²) in [6, 6.07) is 19.1. The third kappa shape index (κ3) is 2.69. The fourth-order valence-electron chi connectivity index (χ4n) is 2.69. The Morgan fingerprint density at radius 2 is 1.75 bits per heavy atom. The molecule has 0 bridgehead atoms. The van der Waals surface area contributed by atoms with Gasteiger partial charge in [0.05, 0.1) is 13.2 Å². The molecule has 2 nitrogen and oxygen atoms in total. The van der Waals surface area contributed by atoms with Crippen molar-refractivity contribution in [2.24, 2.45) is 0 Å². The van der Waals surface area contributed by atoms with Crippen LogP contribution in [-0.4, -0.2) is 13.2 Å². The van der Waals surface area contributed by atoms with E-state index >= 15 is 0 Å². The third-order valence-corrected chi connectivity index (χ3v) is 3.73. The van der Waals surface area contributed by atoms with E-state index in [1.165, 1.54) is 11.1 Å². The van der Waals surface area contributed by atoms with Gasteiger partial charge in [0.2, 0.25) is 0 Å². The summed E-state index contributed by atoms with van der Waals surface area (Å²) in [5.41, 5.74) is 3.86. The van der Waals surface area contributed by atoms with E-state index in [-0.39, 0.29) is 0 Å². The molecule has 2 aromatic rings. The highest BCUT2D eigenvalue weighted by Crippen LogP contribution is 2.31. The second-order valence-electron chi connectivity index (χ2n) is 5.03. The van der Waals surface area contributed by atoms with Crippen molar-refractivity contribution in [1.29, 1.82) is 0 Å². The zero-order valence-electron chi connectivity index (χ0n) is 11.7. The SMILES string of the molecule is COc1ccc(NC2CCC=C2c2ccccc2)cc1. The van der Waals surface area contributed by atoms with E-state index in [0.717, 1.165) is 24.3 Å². The monoisotopic (exact) mass is 265 g/mol. The van der Waals surface area contributed by atoms with Crippen molar-refractivity contribution in [1.82, 2.24) is 0 Å². The summed E-state index contributed by atoms with van der Waals surface area (Å²) in [5, 5.41) is 3.62. The molecule has 0 radical (unpaired) electrons. The zero-order valence-corrected chi connectivity index (χ0v) is 11.7. The van der Waals surface area contributed by atoms with Crippen LogP contribution in [0.15, 0.2) is 60.7 Å². The molecular formula is C18H19NO. The standard InChI is InChI=1S/C18H19NO/c1-20-16-12-10-15(11-13-16)19-18-9-5-8-17(18)14-6-3-2-4-7-14/h2-4,6-8,10-13,18-19H,5,9H2,1H3. The Hall–Kier alpha value is -2.22. The summed E-state index contributed by atoms with van der Waals surface area (Å²) in [4.78, 5) is 0. The molecule has 0 fully saturated rings. The smallest absolute Gasteiger partial charge is 0.119 e. The van der Waals surface area contributed by atoms with Crippen molar-refractivity contribution in [3.05, 3.63) is 66.2 Å². The highest BCUT2D eigenvalue weighted by Gasteiger charge is 2.20. The van der Waals surface area contributed by atoms with E-state index in [0.29, 0.717) is 6.04 Å². The van der Waals surface area contributed by atoms with Crippen LogP contribution >= 0.6 is 0 Å². The predicted molar refractivity (Wildman–Crippen MR) is 84.1 cm³/mol. The first kappa shape index (κ1) is 12.8. The minimum absolute atomic E-state index is 0.394. The van der Waals surface area contributed by atoms with Crippen LogP contribution in [0, 0.1) is 0 Å². The number of anilines is 1. The van der Waals surface area contributed by atoms with Gasteiger partial charge in [0.1, 0.15) is 5.75 Å². The predicted octanol–water partition coefficient (Wildman–Crippen LogP) is 4.35. The van der Waals surface area contributed by atoms with Crippen LogP contribution in [0.5, 0.6) is 5.75 Å². The van der Waals surface area contributed by atoms with E-state index < -0.39 is 0 Å². The van der Waals surface area contributed by atoms with Crippen LogP contribution < -0.4 is 10.1 Å². The normalized spacial score (nSPS) is 17.6. The summed E-state index contributed by atoms with van der Waals surface area (Å²) in [7, 11) is 1.69. The van der Waals surface area contributed by atoms with Crippen molar-refractivity contribution >= 4 is 11.3 Å². The van der Waals surface area contributed by atoms with Gasteiger partial charge in [-0.05, 0) is 48.2 Å². The molecule has 1 N–H and O–H groups in total. The first-order valence-electron chi connectivity index (χ1n) is 7.03. The molecule has 20 heavy (non-hydrogen) atoms. The van der Waals surface area contributed by atoms with Crippen LogP contribution in [-0.2, 0) is 0 Å². The number of methoxy groups -OCH3 is 1. The van der Waals surface area contributed by atoms with E-state index in [1.54, 1.807) is 7.11 Å². The molecule has 3 rings (SSSR count). The Balaban J connectivity index is 1.75. The van der Waals surface area contributed by atoms with Crippen LogP contribution in [0.25, 0.3) is 5.57 Å². The maximum atomic E-state index is 5.19. The molecule has 1 aliphatic carbocycles. The highest BCUT2D eigenvalue weighted by atomic mass is 16.5. The van der Waals surface area contributed by atoms with Crippen molar-refractivity contribution < 1.29 is 4.74 Å². The second kappa shape index (κ2) is 5.83. The number of benzene rings is 2. The highest BCUT2D eigenvalue weighted by molar-refractivity contribution is 5.74. The number of rotatable bonds is 4. The molecule has 0 amide bonds. The molecule has 2 aromatic carbocycles. The van der Waals surface area contributed by atoms with Gasteiger partial charge in [0.25, 0.3) is 0 Å². The van der Waals surface area contributed by atoms with E-state index in [2.05, 4.69) is 53.9 Å². The molecule has 2 heteroatoms. The van der Waals surface area contributed by atoms with Gasteiger partial charge in [-0.2, -0.15) is 0 Å². The fourth-order valence-corrected chi connectivity index (χ4v) is 2.69. The summed E-state index contributed by atoms with van der Waals surface area (Å²) < 4.78 is 5.19. The minimum atomic E-state index is 0.394. The number of nitrogens with one attached hydrogen (secondary N) is 1. The molecule has 0 aliphatic heterocycles. The zero-order chi connectivity index (χ0) is 13.8. The molecule has 0 spiro atoms. The van der Waals surface area contributed by atoms with Gasteiger partial charge >= 0.3 is 0 Å². The largest absolute Gasteiger partial charge is 0.497 e. The molecule has 102 valence electrons. The van der Waals surface area contributed by atoms with Crippen LogP contribution in [0.2, 0.25) is 0 Å². The van der Waals surface area contributed by atoms with Gasteiger partial charge in [-0.3, -0.25) is 0 Å². The Morgan fingerprint density at radius 1 is 1.00 bits per heavy atom. The summed E-state index contributed by atoms with van der Waals surface area (Å²) in [6.07, 6.45) is 4.63. The average molecular weight is 265 g/mol. The Morgan fingerprint density at radius 3 is 2.45 bits per heavy atom. The molecule has 1 atom stereocenters. The Bertz CT molecular complexity index is 587. The van der Waals surface area contributed by atoms with Gasteiger partial charge in [-0.25, -0.2) is 0 Å². The van der Waals surface area contributed by atoms with Gasteiger partial charge in [0, 0.05) is 5.69 Å². The summed E-state index contributed by atoms with van der Waals surface area (Å²) >= 11 is 0. The topological polar surface area (TPSA) is 21.3 Å². The molecule has 0 saturated heterocycles. The lowest BCUT2D eigenvalue weighted by atomic mass is 10.0. The number of ether oxygens (including phenoxy) is 1. The number of allylic oxidation sites excluding steroid dienone is 1.